The van der Waals surface area contributed by atoms with Crippen molar-refractivity contribution in [3.63, 3.8) is 0 Å². The van der Waals surface area contributed by atoms with Crippen LogP contribution < -0.4 is 16.2 Å². The average Bonchev–Trinajstić information content (AvgIpc) is 3.21. The van der Waals surface area contributed by atoms with Crippen LogP contribution in [0.1, 0.15) is 28.7 Å². The van der Waals surface area contributed by atoms with Gasteiger partial charge in [-0.1, -0.05) is 13.0 Å². The molecule has 0 saturated carbocycles. The lowest BCUT2D eigenvalue weighted by Crippen LogP contribution is -2.10. The summed E-state index contributed by atoms with van der Waals surface area (Å²) >= 11 is 1.52. The summed E-state index contributed by atoms with van der Waals surface area (Å²) in [7, 11) is 1.65. The normalized spacial score (nSPS) is 11.4. The number of hydrogen-bond donors (Lipinski definition) is 2. The van der Waals surface area contributed by atoms with Gasteiger partial charge in [0.15, 0.2) is 11.6 Å². The maximum absolute atomic E-state index is 12.1. The van der Waals surface area contributed by atoms with E-state index in [9.17, 15) is 4.79 Å². The maximum atomic E-state index is 12.1. The first kappa shape index (κ1) is 17.3. The van der Waals surface area contributed by atoms with Crippen molar-refractivity contribution in [2.75, 3.05) is 12.8 Å². The van der Waals surface area contributed by atoms with Gasteiger partial charge in [-0.25, -0.2) is 9.50 Å². The van der Waals surface area contributed by atoms with Crippen LogP contribution in [0.3, 0.4) is 0 Å². The monoisotopic (exact) mass is 381 g/mol. The third kappa shape index (κ3) is 2.69. The predicted octanol–water partition coefficient (Wildman–Crippen LogP) is 3.17. The zero-order chi connectivity index (χ0) is 19.3. The molecule has 4 aromatic rings. The zero-order valence-corrected chi connectivity index (χ0v) is 16.1. The van der Waals surface area contributed by atoms with Crippen molar-refractivity contribution in [2.45, 2.75) is 20.3 Å². The molecule has 0 saturated heterocycles. The molecule has 0 radical (unpaired) electrons. The highest BCUT2D eigenvalue weighted by Crippen LogP contribution is 2.43. The van der Waals surface area contributed by atoms with Crippen LogP contribution in [0.2, 0.25) is 0 Å². The van der Waals surface area contributed by atoms with Gasteiger partial charge >= 0.3 is 0 Å². The molecule has 0 bridgehead atoms. The van der Waals surface area contributed by atoms with Gasteiger partial charge in [0.25, 0.3) is 5.91 Å². The number of rotatable bonds is 4. The molecule has 7 nitrogen and oxygen atoms in total. The van der Waals surface area contributed by atoms with Gasteiger partial charge in [-0.2, -0.15) is 5.10 Å². The van der Waals surface area contributed by atoms with Crippen molar-refractivity contribution in [3.8, 4) is 16.2 Å². The molecule has 1 aromatic carbocycles. The summed E-state index contributed by atoms with van der Waals surface area (Å²) in [5.74, 6) is 1.19. The summed E-state index contributed by atoms with van der Waals surface area (Å²) in [6.45, 7) is 3.96. The first-order valence-electron chi connectivity index (χ1n) is 8.49. The van der Waals surface area contributed by atoms with E-state index in [0.29, 0.717) is 34.7 Å². The Hall–Kier alpha value is -3.13. The van der Waals surface area contributed by atoms with E-state index < -0.39 is 5.91 Å². The second-order valence-corrected chi connectivity index (χ2v) is 7.39. The number of fused-ring (bicyclic) bond motifs is 2. The Labute approximate surface area is 159 Å². The Balaban J connectivity index is 2.07. The van der Waals surface area contributed by atoms with E-state index in [2.05, 4.69) is 16.1 Å². The van der Waals surface area contributed by atoms with E-state index in [1.807, 2.05) is 26.0 Å². The van der Waals surface area contributed by atoms with Crippen LogP contribution >= 0.6 is 11.3 Å². The number of nitrogens with zero attached hydrogens (tertiary/aromatic N) is 3. The number of carbonyl (C=O) groups is 1. The molecule has 0 atom stereocenters. The zero-order valence-electron chi connectivity index (χ0n) is 15.2. The molecule has 4 rings (SSSR count). The van der Waals surface area contributed by atoms with E-state index in [0.717, 1.165) is 26.3 Å². The predicted molar refractivity (Wildman–Crippen MR) is 107 cm³/mol. The smallest absolute Gasteiger partial charge is 0.251 e. The van der Waals surface area contributed by atoms with Crippen molar-refractivity contribution in [1.29, 1.82) is 0 Å². The Morgan fingerprint density at radius 3 is 2.78 bits per heavy atom. The molecule has 27 heavy (non-hydrogen) atoms. The van der Waals surface area contributed by atoms with Crippen LogP contribution in [0.5, 0.6) is 5.75 Å². The molecule has 0 unspecified atom stereocenters. The van der Waals surface area contributed by atoms with Crippen LogP contribution in [-0.4, -0.2) is 27.6 Å². The van der Waals surface area contributed by atoms with Gasteiger partial charge in [-0.15, -0.1) is 11.3 Å². The van der Waals surface area contributed by atoms with Crippen LogP contribution in [0.4, 0.5) is 5.82 Å². The highest BCUT2D eigenvalue weighted by Gasteiger charge is 2.23. The van der Waals surface area contributed by atoms with Crippen LogP contribution in [0, 0.1) is 6.92 Å². The van der Waals surface area contributed by atoms with Gasteiger partial charge in [0, 0.05) is 23.1 Å². The van der Waals surface area contributed by atoms with Crippen LogP contribution in [0.15, 0.2) is 24.4 Å². The molecule has 3 heterocycles. The second kappa shape index (κ2) is 6.24. The summed E-state index contributed by atoms with van der Waals surface area (Å²) < 4.78 is 8.12. The minimum Gasteiger partial charge on any atom is -0.495 e. The molecule has 4 N–H and O–H groups in total. The summed E-state index contributed by atoms with van der Waals surface area (Å²) in [5.41, 5.74) is 14.6. The molecule has 0 fully saturated rings. The van der Waals surface area contributed by atoms with Crippen molar-refractivity contribution in [1.82, 2.24) is 14.6 Å². The topological polar surface area (TPSA) is 109 Å². The molecule has 0 spiro atoms. The number of ether oxygens (including phenoxy) is 1. The van der Waals surface area contributed by atoms with Gasteiger partial charge in [-0.3, -0.25) is 4.79 Å². The fourth-order valence-electron chi connectivity index (χ4n) is 3.28. The highest BCUT2D eigenvalue weighted by molar-refractivity contribution is 7.22. The van der Waals surface area contributed by atoms with Gasteiger partial charge in [0.2, 0.25) is 0 Å². The largest absolute Gasteiger partial charge is 0.495 e. The number of aryl methyl sites for hydroxylation is 2. The first-order valence-corrected chi connectivity index (χ1v) is 9.30. The maximum Gasteiger partial charge on any atom is 0.251 e. The SMILES string of the molecule is CCc1nc(N)c2c(-c3cc4cc(C)cc(OC)c4s3)c(C(N)=O)cn2n1. The lowest BCUT2D eigenvalue weighted by molar-refractivity contribution is 0.100. The molecule has 0 aliphatic carbocycles. The van der Waals surface area contributed by atoms with E-state index in [1.54, 1.807) is 17.8 Å². The molecule has 8 heteroatoms. The van der Waals surface area contributed by atoms with Crippen LogP contribution in [-0.2, 0) is 6.42 Å². The fourth-order valence-corrected chi connectivity index (χ4v) is 4.47. The number of nitrogen functional groups attached to an aromatic ring is 1. The number of carbonyl (C=O) groups excluding carboxylic acids is 1. The summed E-state index contributed by atoms with van der Waals surface area (Å²) in [4.78, 5) is 17.3. The number of primary amides is 1. The summed E-state index contributed by atoms with van der Waals surface area (Å²) in [6, 6.07) is 6.08. The number of amides is 1. The number of benzene rings is 1. The van der Waals surface area contributed by atoms with Crippen LogP contribution in [0.25, 0.3) is 26.0 Å². The fraction of sp³-hybridized carbons (Fsp3) is 0.211. The summed E-state index contributed by atoms with van der Waals surface area (Å²) in [5, 5.41) is 5.48. The Bertz CT molecular complexity index is 1210. The standard InChI is InChI=1S/C19H19N5O2S/c1-4-14-22-18(20)16-15(11(19(21)25)8-24(16)23-14)13-7-10-5-9(2)6-12(26-3)17(10)27-13/h5-8H,4H2,1-3H3,(H2,21,25)(H2,20,22,23). The van der Waals surface area contributed by atoms with E-state index >= 15 is 0 Å². The van der Waals surface area contributed by atoms with E-state index in [4.69, 9.17) is 16.2 Å². The number of anilines is 1. The highest BCUT2D eigenvalue weighted by atomic mass is 32.1. The minimum absolute atomic E-state index is 0.324. The molecule has 0 aliphatic rings. The van der Waals surface area contributed by atoms with Gasteiger partial charge < -0.3 is 16.2 Å². The molecule has 0 aliphatic heterocycles. The minimum atomic E-state index is -0.534. The molecule has 1 amide bonds. The number of nitrogens with two attached hydrogens (primary N) is 2. The van der Waals surface area contributed by atoms with Gasteiger partial charge in [0.05, 0.1) is 17.4 Å². The van der Waals surface area contributed by atoms with E-state index in [1.165, 1.54) is 11.3 Å². The number of hydrogen-bond acceptors (Lipinski definition) is 6. The van der Waals surface area contributed by atoms with E-state index in [-0.39, 0.29) is 0 Å². The molecular formula is C19H19N5O2S. The Kier molecular flexibility index (Phi) is 4.00. The second-order valence-electron chi connectivity index (χ2n) is 6.34. The van der Waals surface area contributed by atoms with Crippen molar-refractivity contribution >= 4 is 38.7 Å². The third-order valence-corrected chi connectivity index (χ3v) is 5.66. The van der Waals surface area contributed by atoms with Crippen molar-refractivity contribution < 1.29 is 9.53 Å². The average molecular weight is 381 g/mol. The quantitative estimate of drug-likeness (QED) is 0.564. The number of thiophene rings is 1. The number of methoxy groups -OCH3 is 1. The number of aromatic nitrogens is 3. The lowest BCUT2D eigenvalue weighted by atomic mass is 10.1. The third-order valence-electron chi connectivity index (χ3n) is 4.48. The first-order chi connectivity index (χ1) is 12.9. The molecule has 138 valence electrons. The lowest BCUT2D eigenvalue weighted by Gasteiger charge is -2.04. The molecular weight excluding hydrogens is 362 g/mol. The van der Waals surface area contributed by atoms with Gasteiger partial charge in [0.1, 0.15) is 11.3 Å². The Morgan fingerprint density at radius 1 is 1.33 bits per heavy atom. The Morgan fingerprint density at radius 2 is 2.11 bits per heavy atom. The molecule has 3 aromatic heterocycles. The summed E-state index contributed by atoms with van der Waals surface area (Å²) in [6.07, 6.45) is 2.26. The van der Waals surface area contributed by atoms with Crippen molar-refractivity contribution in [3.05, 3.63) is 41.3 Å². The van der Waals surface area contributed by atoms with Gasteiger partial charge in [-0.05, 0) is 30.0 Å². The van der Waals surface area contributed by atoms with Crippen molar-refractivity contribution in [2.24, 2.45) is 5.73 Å².